The normalized spacial score (nSPS) is 22.3. The minimum Gasteiger partial charge on any atom is -0.378 e. The van der Waals surface area contributed by atoms with Crippen LogP contribution in [-0.4, -0.2) is 16.6 Å². The molecule has 120 valence electrons. The van der Waals surface area contributed by atoms with Crippen LogP contribution in [0.25, 0.3) is 0 Å². The molecule has 0 spiro atoms. The van der Waals surface area contributed by atoms with Crippen molar-refractivity contribution in [3.05, 3.63) is 35.4 Å². The van der Waals surface area contributed by atoms with Gasteiger partial charge in [-0.25, -0.2) is 0 Å². The van der Waals surface area contributed by atoms with Gasteiger partial charge in [0.15, 0.2) is 0 Å². The molecule has 1 aromatic rings. The number of hydrogen-bond donors (Lipinski definition) is 0. The molecule has 1 fully saturated rings. The van der Waals surface area contributed by atoms with Crippen molar-refractivity contribution >= 4 is 49.8 Å². The van der Waals surface area contributed by atoms with E-state index in [2.05, 4.69) is 64.1 Å². The predicted octanol–water partition coefficient (Wildman–Crippen LogP) is 6.11. The van der Waals surface area contributed by atoms with Gasteiger partial charge < -0.3 is 4.74 Å². The van der Waals surface area contributed by atoms with Crippen LogP contribution >= 0.6 is 45.9 Å². The summed E-state index contributed by atoms with van der Waals surface area (Å²) in [5.74, 6) is 0.625. The first-order chi connectivity index (χ1) is 10.5. The second-order valence-electron chi connectivity index (χ2n) is 5.80. The van der Waals surface area contributed by atoms with Crippen molar-refractivity contribution in [3.63, 3.8) is 0 Å². The molecule has 0 aliphatic heterocycles. The van der Waals surface area contributed by atoms with Gasteiger partial charge >= 0.3 is 0 Å². The van der Waals surface area contributed by atoms with Gasteiger partial charge in [-0.1, -0.05) is 58.0 Å². The SMILES string of the molecule is N#Cc1ccc(C2CCC(OCCC[Si](Br)(Br)Br)CC2)cc1. The summed E-state index contributed by atoms with van der Waals surface area (Å²) in [4.78, 5) is 0. The molecule has 1 aliphatic carbocycles. The van der Waals surface area contributed by atoms with E-state index in [9.17, 15) is 0 Å². The van der Waals surface area contributed by atoms with E-state index in [0.29, 0.717) is 12.0 Å². The molecule has 1 aromatic carbocycles. The number of rotatable bonds is 6. The van der Waals surface area contributed by atoms with Crippen LogP contribution in [0.4, 0.5) is 0 Å². The lowest BCUT2D eigenvalue weighted by atomic mass is 9.82. The Hall–Kier alpha value is 0.327. The van der Waals surface area contributed by atoms with Gasteiger partial charge in [-0.2, -0.15) is 5.26 Å². The average molecular weight is 510 g/mol. The van der Waals surface area contributed by atoms with Crippen LogP contribution in [-0.2, 0) is 4.74 Å². The Morgan fingerprint density at radius 2 is 1.73 bits per heavy atom. The second-order valence-corrected chi connectivity index (χ2v) is 29.3. The maximum absolute atomic E-state index is 8.85. The number of nitrogens with zero attached hydrogens (tertiary/aromatic N) is 1. The van der Waals surface area contributed by atoms with Gasteiger partial charge in [0, 0.05) is 6.61 Å². The zero-order valence-electron chi connectivity index (χ0n) is 12.4. The zero-order chi connectivity index (χ0) is 16.0. The van der Waals surface area contributed by atoms with E-state index in [1.165, 1.54) is 18.4 Å². The first-order valence-corrected chi connectivity index (χ1v) is 16.6. The summed E-state index contributed by atoms with van der Waals surface area (Å²) in [6.45, 7) is 0.851. The molecule has 0 bridgehead atoms. The number of ether oxygens (including phenoxy) is 1. The van der Waals surface area contributed by atoms with Crippen molar-refractivity contribution in [2.24, 2.45) is 0 Å². The Labute approximate surface area is 157 Å². The third-order valence-electron chi connectivity index (χ3n) is 4.14. The molecule has 6 heteroatoms. The lowest BCUT2D eigenvalue weighted by molar-refractivity contribution is 0.0251. The summed E-state index contributed by atoms with van der Waals surface area (Å²) in [6, 6.07) is 11.4. The zero-order valence-corrected chi connectivity index (χ0v) is 18.2. The number of benzene rings is 1. The highest BCUT2D eigenvalue weighted by Crippen LogP contribution is 2.35. The maximum Gasteiger partial charge on any atom is 0.267 e. The molecule has 22 heavy (non-hydrogen) atoms. The summed E-state index contributed by atoms with van der Waals surface area (Å²) >= 11 is 10.9. The summed E-state index contributed by atoms with van der Waals surface area (Å²) in [6.07, 6.45) is 6.17. The van der Waals surface area contributed by atoms with Crippen LogP contribution in [0.15, 0.2) is 24.3 Å². The van der Waals surface area contributed by atoms with E-state index in [1.54, 1.807) is 0 Å². The Morgan fingerprint density at radius 3 is 2.27 bits per heavy atom. The van der Waals surface area contributed by atoms with Gasteiger partial charge in [0.2, 0.25) is 0 Å². The predicted molar refractivity (Wildman–Crippen MR) is 104 cm³/mol. The van der Waals surface area contributed by atoms with Crippen molar-refractivity contribution in [1.29, 1.82) is 5.26 Å². The second kappa shape index (κ2) is 8.98. The molecule has 0 saturated heterocycles. The van der Waals surface area contributed by atoms with Crippen molar-refractivity contribution in [2.75, 3.05) is 6.61 Å². The van der Waals surface area contributed by atoms with E-state index < -0.39 is 3.93 Å². The molecule has 2 nitrogen and oxygen atoms in total. The molecule has 0 atom stereocenters. The van der Waals surface area contributed by atoms with Gasteiger partial charge in [-0.15, -0.1) is 0 Å². The van der Waals surface area contributed by atoms with Gasteiger partial charge in [0.05, 0.1) is 17.7 Å². The smallest absolute Gasteiger partial charge is 0.267 e. The number of halogens is 3. The van der Waals surface area contributed by atoms with Gasteiger partial charge in [0.25, 0.3) is 3.93 Å². The van der Waals surface area contributed by atoms with E-state index >= 15 is 0 Å². The van der Waals surface area contributed by atoms with E-state index in [1.807, 2.05) is 12.1 Å². The Kier molecular flexibility index (Phi) is 7.62. The van der Waals surface area contributed by atoms with E-state index in [0.717, 1.165) is 37.5 Å². The van der Waals surface area contributed by atoms with Crippen LogP contribution in [0.2, 0.25) is 6.04 Å². The largest absolute Gasteiger partial charge is 0.378 e. The molecule has 2 rings (SSSR count). The molecule has 1 saturated carbocycles. The fourth-order valence-electron chi connectivity index (χ4n) is 2.92. The van der Waals surface area contributed by atoms with Gasteiger partial charge in [-0.3, -0.25) is 0 Å². The Bertz CT molecular complexity index is 502. The quantitative estimate of drug-likeness (QED) is 0.263. The summed E-state index contributed by atoms with van der Waals surface area (Å²) in [5, 5.41) is 8.85. The van der Waals surface area contributed by atoms with Crippen LogP contribution < -0.4 is 0 Å². The number of nitriles is 1. The molecular weight excluding hydrogens is 490 g/mol. The van der Waals surface area contributed by atoms with Crippen LogP contribution in [0.5, 0.6) is 0 Å². The third kappa shape index (κ3) is 6.44. The van der Waals surface area contributed by atoms with Crippen LogP contribution in [0.1, 0.15) is 49.1 Å². The van der Waals surface area contributed by atoms with Crippen molar-refractivity contribution in [2.45, 2.75) is 50.2 Å². The highest BCUT2D eigenvalue weighted by molar-refractivity contribution is 9.72. The first kappa shape index (κ1) is 18.7. The van der Waals surface area contributed by atoms with Crippen molar-refractivity contribution in [3.8, 4) is 6.07 Å². The summed E-state index contributed by atoms with van der Waals surface area (Å²) in [5.41, 5.74) is 2.11. The monoisotopic (exact) mass is 507 g/mol. The van der Waals surface area contributed by atoms with Crippen molar-refractivity contribution < 1.29 is 4.74 Å². The lowest BCUT2D eigenvalue weighted by Gasteiger charge is -2.29. The van der Waals surface area contributed by atoms with Crippen LogP contribution in [0.3, 0.4) is 0 Å². The highest BCUT2D eigenvalue weighted by atomic mass is 80.0. The highest BCUT2D eigenvalue weighted by Gasteiger charge is 2.24. The standard InChI is InChI=1S/C16H20Br3NOSi/c17-22(18,19)11-1-10-21-16-8-6-15(7-9-16)14-4-2-13(12-20)3-5-14/h2-5,15-16H,1,6-11H2. The molecule has 0 amide bonds. The number of hydrogen-bond acceptors (Lipinski definition) is 2. The first-order valence-electron chi connectivity index (χ1n) is 7.66. The molecule has 0 unspecified atom stereocenters. The van der Waals surface area contributed by atoms with Crippen LogP contribution in [0, 0.1) is 11.3 Å². The van der Waals surface area contributed by atoms with Crippen molar-refractivity contribution in [1.82, 2.24) is 0 Å². The molecule has 0 N–H and O–H groups in total. The summed E-state index contributed by atoms with van der Waals surface area (Å²) < 4.78 is 4.54. The molecule has 0 radical (unpaired) electrons. The lowest BCUT2D eigenvalue weighted by Crippen LogP contribution is -2.21. The Balaban J connectivity index is 1.70. The fraction of sp³-hybridized carbons (Fsp3) is 0.562. The van der Waals surface area contributed by atoms with E-state index in [4.69, 9.17) is 10.00 Å². The molecule has 1 aliphatic rings. The topological polar surface area (TPSA) is 33.0 Å². The maximum atomic E-state index is 8.85. The van der Waals surface area contributed by atoms with E-state index in [-0.39, 0.29) is 0 Å². The van der Waals surface area contributed by atoms with Gasteiger partial charge in [-0.05, 0) is 61.8 Å². The molecule has 0 heterocycles. The van der Waals surface area contributed by atoms with Gasteiger partial charge in [0.1, 0.15) is 0 Å². The third-order valence-corrected chi connectivity index (χ3v) is 8.63. The minimum atomic E-state index is -1.47. The average Bonchev–Trinajstić information content (AvgIpc) is 2.51. The minimum absolute atomic E-state index is 0.423. The molecule has 0 aromatic heterocycles. The summed E-state index contributed by atoms with van der Waals surface area (Å²) in [7, 11) is 0. The fourth-order valence-corrected chi connectivity index (χ4v) is 5.98. The Morgan fingerprint density at radius 1 is 1.09 bits per heavy atom. The molecular formula is C16H20Br3NOSi.